The van der Waals surface area contributed by atoms with Gasteiger partial charge in [-0.1, -0.05) is 6.07 Å². The van der Waals surface area contributed by atoms with E-state index in [1.165, 1.54) is 0 Å². The molecule has 0 saturated heterocycles. The first-order chi connectivity index (χ1) is 7.15. The van der Waals surface area contributed by atoms with Crippen molar-refractivity contribution < 1.29 is 9.84 Å². The fraction of sp³-hybridized carbons (Fsp3) is 0.500. The van der Waals surface area contributed by atoms with E-state index in [1.807, 2.05) is 26.0 Å². The van der Waals surface area contributed by atoms with Crippen molar-refractivity contribution in [2.75, 3.05) is 18.9 Å². The van der Waals surface area contributed by atoms with E-state index in [1.54, 1.807) is 0 Å². The second-order valence-electron chi connectivity index (χ2n) is 3.75. The first-order valence-electron chi connectivity index (χ1n) is 5.25. The topological polar surface area (TPSA) is 55.5 Å². The van der Waals surface area contributed by atoms with E-state index in [0.29, 0.717) is 6.61 Å². The molecule has 0 aromatic heterocycles. The lowest BCUT2D eigenvalue weighted by molar-refractivity contribution is 0.252. The fourth-order valence-electron chi connectivity index (χ4n) is 1.40. The van der Waals surface area contributed by atoms with E-state index >= 15 is 0 Å². The zero-order chi connectivity index (χ0) is 11.3. The van der Waals surface area contributed by atoms with Crippen LogP contribution in [0.3, 0.4) is 0 Å². The number of ether oxygens (including phenoxy) is 1. The number of benzene rings is 1. The molecule has 0 aliphatic heterocycles. The maximum absolute atomic E-state index is 8.62. The number of aryl methyl sites for hydroxylation is 2. The number of hydrogen-bond donors (Lipinski definition) is 2. The Morgan fingerprint density at radius 1 is 1.20 bits per heavy atom. The van der Waals surface area contributed by atoms with Crippen LogP contribution in [-0.4, -0.2) is 18.3 Å². The van der Waals surface area contributed by atoms with Crippen molar-refractivity contribution >= 4 is 5.69 Å². The Kier molecular flexibility index (Phi) is 4.43. The lowest BCUT2D eigenvalue weighted by atomic mass is 10.1. The second kappa shape index (κ2) is 5.61. The van der Waals surface area contributed by atoms with E-state index in [2.05, 4.69) is 0 Å². The monoisotopic (exact) mass is 209 g/mol. The summed E-state index contributed by atoms with van der Waals surface area (Å²) in [6.45, 7) is 4.84. The molecule has 84 valence electrons. The molecule has 3 nitrogen and oxygen atoms in total. The van der Waals surface area contributed by atoms with Gasteiger partial charge >= 0.3 is 0 Å². The summed E-state index contributed by atoms with van der Waals surface area (Å²) in [4.78, 5) is 0. The molecule has 1 aromatic rings. The minimum Gasteiger partial charge on any atom is -0.493 e. The van der Waals surface area contributed by atoms with Crippen molar-refractivity contribution in [1.29, 1.82) is 0 Å². The Morgan fingerprint density at radius 2 is 1.93 bits per heavy atom. The molecule has 0 unspecified atom stereocenters. The molecular weight excluding hydrogens is 190 g/mol. The molecule has 0 aliphatic rings. The first kappa shape index (κ1) is 11.9. The van der Waals surface area contributed by atoms with Crippen molar-refractivity contribution in [3.05, 3.63) is 23.3 Å². The summed E-state index contributed by atoms with van der Waals surface area (Å²) >= 11 is 0. The summed E-state index contributed by atoms with van der Waals surface area (Å²) in [7, 11) is 0. The molecule has 0 aliphatic carbocycles. The van der Waals surface area contributed by atoms with Gasteiger partial charge in [0.15, 0.2) is 0 Å². The number of anilines is 1. The predicted molar refractivity (Wildman–Crippen MR) is 62.1 cm³/mol. The van der Waals surface area contributed by atoms with Gasteiger partial charge < -0.3 is 15.6 Å². The maximum Gasteiger partial charge on any atom is 0.124 e. The van der Waals surface area contributed by atoms with Gasteiger partial charge in [0, 0.05) is 18.4 Å². The molecule has 1 rings (SSSR count). The Bertz CT molecular complexity index is 324. The highest BCUT2D eigenvalue weighted by Crippen LogP contribution is 2.24. The zero-order valence-electron chi connectivity index (χ0n) is 9.42. The molecular formula is C12H19NO2. The van der Waals surface area contributed by atoms with Gasteiger partial charge in [0.25, 0.3) is 0 Å². The molecule has 0 spiro atoms. The smallest absolute Gasteiger partial charge is 0.124 e. The average Bonchev–Trinajstić information content (AvgIpc) is 2.20. The van der Waals surface area contributed by atoms with Gasteiger partial charge in [-0.3, -0.25) is 0 Å². The molecule has 0 radical (unpaired) electrons. The number of rotatable bonds is 5. The maximum atomic E-state index is 8.62. The van der Waals surface area contributed by atoms with Crippen LogP contribution < -0.4 is 10.5 Å². The molecule has 1 aromatic carbocycles. The minimum atomic E-state index is 0.221. The summed E-state index contributed by atoms with van der Waals surface area (Å²) in [5.41, 5.74) is 8.74. The Balaban J connectivity index is 2.57. The normalized spacial score (nSPS) is 10.3. The van der Waals surface area contributed by atoms with E-state index in [4.69, 9.17) is 15.6 Å². The van der Waals surface area contributed by atoms with Crippen LogP contribution in [0.4, 0.5) is 5.69 Å². The van der Waals surface area contributed by atoms with Gasteiger partial charge in [0.05, 0.1) is 6.61 Å². The number of aliphatic hydroxyl groups is 1. The zero-order valence-corrected chi connectivity index (χ0v) is 9.42. The molecule has 15 heavy (non-hydrogen) atoms. The molecule has 0 amide bonds. The number of aliphatic hydroxyl groups excluding tert-OH is 1. The van der Waals surface area contributed by atoms with Crippen LogP contribution in [-0.2, 0) is 0 Å². The number of nitrogen functional groups attached to an aromatic ring is 1. The molecule has 3 N–H and O–H groups in total. The van der Waals surface area contributed by atoms with Gasteiger partial charge in [-0.25, -0.2) is 0 Å². The largest absolute Gasteiger partial charge is 0.493 e. The van der Waals surface area contributed by atoms with Crippen LogP contribution >= 0.6 is 0 Å². The standard InChI is InChI=1S/C12H19NO2/c1-9-7-10(2)12(8-11(9)13)15-6-4-3-5-14/h7-8,14H,3-6,13H2,1-2H3. The number of nitrogens with two attached hydrogens (primary N) is 1. The van der Waals surface area contributed by atoms with Gasteiger partial charge in [-0.15, -0.1) is 0 Å². The average molecular weight is 209 g/mol. The highest BCUT2D eigenvalue weighted by molar-refractivity contribution is 5.54. The molecule has 0 saturated carbocycles. The highest BCUT2D eigenvalue weighted by Gasteiger charge is 2.02. The van der Waals surface area contributed by atoms with Gasteiger partial charge in [0.1, 0.15) is 5.75 Å². The number of hydrogen-bond acceptors (Lipinski definition) is 3. The van der Waals surface area contributed by atoms with Gasteiger partial charge in [0.2, 0.25) is 0 Å². The molecule has 0 bridgehead atoms. The van der Waals surface area contributed by atoms with Crippen LogP contribution in [0.15, 0.2) is 12.1 Å². The molecule has 0 fully saturated rings. The van der Waals surface area contributed by atoms with Crippen LogP contribution in [0.2, 0.25) is 0 Å². The van der Waals surface area contributed by atoms with Crippen LogP contribution in [0.5, 0.6) is 5.75 Å². The third kappa shape index (κ3) is 3.44. The van der Waals surface area contributed by atoms with Gasteiger partial charge in [-0.2, -0.15) is 0 Å². The highest BCUT2D eigenvalue weighted by atomic mass is 16.5. The second-order valence-corrected chi connectivity index (χ2v) is 3.75. The van der Waals surface area contributed by atoms with Crippen molar-refractivity contribution in [1.82, 2.24) is 0 Å². The van der Waals surface area contributed by atoms with Crippen LogP contribution in [0.25, 0.3) is 0 Å². The third-order valence-corrected chi connectivity index (χ3v) is 2.37. The predicted octanol–water partition coefficient (Wildman–Crippen LogP) is 2.04. The number of unbranched alkanes of at least 4 members (excludes halogenated alkanes) is 1. The first-order valence-corrected chi connectivity index (χ1v) is 5.25. The van der Waals surface area contributed by atoms with Crippen LogP contribution in [0.1, 0.15) is 24.0 Å². The summed E-state index contributed by atoms with van der Waals surface area (Å²) < 4.78 is 5.58. The quantitative estimate of drug-likeness (QED) is 0.576. The third-order valence-electron chi connectivity index (χ3n) is 2.37. The minimum absolute atomic E-state index is 0.221. The Morgan fingerprint density at radius 3 is 2.60 bits per heavy atom. The van der Waals surface area contributed by atoms with E-state index in [-0.39, 0.29) is 6.61 Å². The summed E-state index contributed by atoms with van der Waals surface area (Å²) in [5, 5.41) is 8.62. The molecule has 0 atom stereocenters. The van der Waals surface area contributed by atoms with E-state index in [9.17, 15) is 0 Å². The van der Waals surface area contributed by atoms with E-state index < -0.39 is 0 Å². The SMILES string of the molecule is Cc1cc(C)c(OCCCCO)cc1N. The lowest BCUT2D eigenvalue weighted by Crippen LogP contribution is -2.01. The lowest BCUT2D eigenvalue weighted by Gasteiger charge is -2.11. The van der Waals surface area contributed by atoms with Crippen molar-refractivity contribution in [2.45, 2.75) is 26.7 Å². The molecule has 3 heteroatoms. The van der Waals surface area contributed by atoms with Crippen molar-refractivity contribution in [3.63, 3.8) is 0 Å². The fourth-order valence-corrected chi connectivity index (χ4v) is 1.40. The van der Waals surface area contributed by atoms with Crippen molar-refractivity contribution in [3.8, 4) is 5.75 Å². The Labute approximate surface area is 90.9 Å². The summed E-state index contributed by atoms with van der Waals surface area (Å²) in [6, 6.07) is 3.89. The van der Waals surface area contributed by atoms with E-state index in [0.717, 1.165) is 35.4 Å². The van der Waals surface area contributed by atoms with Crippen LogP contribution in [0, 0.1) is 13.8 Å². The Hall–Kier alpha value is -1.22. The molecule has 0 heterocycles. The summed E-state index contributed by atoms with van der Waals surface area (Å²) in [5.74, 6) is 0.844. The van der Waals surface area contributed by atoms with Gasteiger partial charge in [-0.05, 0) is 37.8 Å². The van der Waals surface area contributed by atoms with Crippen molar-refractivity contribution in [2.24, 2.45) is 0 Å². The summed E-state index contributed by atoms with van der Waals surface area (Å²) in [6.07, 6.45) is 1.64.